The van der Waals surface area contributed by atoms with E-state index in [0.717, 1.165) is 12.0 Å². The van der Waals surface area contributed by atoms with E-state index in [-0.39, 0.29) is 18.4 Å². The van der Waals surface area contributed by atoms with E-state index >= 15 is 0 Å². The van der Waals surface area contributed by atoms with Crippen LogP contribution in [0.2, 0.25) is 0 Å². The van der Waals surface area contributed by atoms with Crippen molar-refractivity contribution in [2.24, 2.45) is 0 Å². The van der Waals surface area contributed by atoms with Crippen LogP contribution in [-0.2, 0) is 6.54 Å². The van der Waals surface area contributed by atoms with E-state index in [4.69, 9.17) is 5.11 Å². The van der Waals surface area contributed by atoms with Gasteiger partial charge in [-0.15, -0.1) is 0 Å². The number of aliphatic hydroxyl groups is 1. The van der Waals surface area contributed by atoms with Crippen LogP contribution < -0.4 is 5.32 Å². The van der Waals surface area contributed by atoms with Gasteiger partial charge in [-0.2, -0.15) is 0 Å². The Morgan fingerprint density at radius 1 is 1.47 bits per heavy atom. The molecule has 0 aliphatic rings. The lowest BCUT2D eigenvalue weighted by Crippen LogP contribution is -2.31. The fourth-order valence-corrected chi connectivity index (χ4v) is 1.69. The van der Waals surface area contributed by atoms with E-state index in [1.54, 1.807) is 6.07 Å². The third kappa shape index (κ3) is 3.81. The van der Waals surface area contributed by atoms with Gasteiger partial charge in [0, 0.05) is 12.6 Å². The van der Waals surface area contributed by atoms with Crippen LogP contribution in [-0.4, -0.2) is 22.9 Å². The number of aliphatic hydroxyl groups excluding tert-OH is 1. The molecule has 84 valence electrons. The van der Waals surface area contributed by atoms with Gasteiger partial charge in [0.05, 0.1) is 11.1 Å². The molecular formula is C11H16BrNO2. The number of benzene rings is 1. The molecule has 0 saturated heterocycles. The molecule has 0 aliphatic heterocycles. The minimum absolute atomic E-state index is 0.137. The molecule has 0 radical (unpaired) electrons. The molecule has 3 nitrogen and oxygen atoms in total. The molecule has 0 saturated carbocycles. The number of phenols is 1. The predicted molar refractivity (Wildman–Crippen MR) is 63.8 cm³/mol. The van der Waals surface area contributed by atoms with Gasteiger partial charge in [0.15, 0.2) is 0 Å². The topological polar surface area (TPSA) is 52.5 Å². The Balaban J connectivity index is 2.54. The minimum atomic E-state index is 0.137. The first-order chi connectivity index (χ1) is 7.17. The molecule has 1 atom stereocenters. The van der Waals surface area contributed by atoms with Gasteiger partial charge < -0.3 is 15.5 Å². The Labute approximate surface area is 98.3 Å². The number of phenolic OH excluding ortho intramolecular Hbond substituents is 1. The van der Waals surface area contributed by atoms with E-state index in [2.05, 4.69) is 21.2 Å². The van der Waals surface area contributed by atoms with Gasteiger partial charge in [0.25, 0.3) is 0 Å². The minimum Gasteiger partial charge on any atom is -0.507 e. The van der Waals surface area contributed by atoms with Crippen molar-refractivity contribution < 1.29 is 10.2 Å². The Bertz CT molecular complexity index is 313. The second-order valence-corrected chi connectivity index (χ2v) is 4.31. The van der Waals surface area contributed by atoms with Crippen LogP contribution in [0.3, 0.4) is 0 Å². The summed E-state index contributed by atoms with van der Waals surface area (Å²) in [6.45, 7) is 2.87. The first-order valence-electron chi connectivity index (χ1n) is 4.99. The normalized spacial score (nSPS) is 12.7. The SMILES string of the molecule is CC[C@H](CO)NCc1ccc(O)c(Br)c1. The fraction of sp³-hybridized carbons (Fsp3) is 0.455. The molecule has 0 aromatic heterocycles. The lowest BCUT2D eigenvalue weighted by atomic mass is 10.2. The van der Waals surface area contributed by atoms with Crippen LogP contribution in [0, 0.1) is 0 Å². The van der Waals surface area contributed by atoms with E-state index in [0.29, 0.717) is 11.0 Å². The van der Waals surface area contributed by atoms with Crippen molar-refractivity contribution in [3.8, 4) is 5.75 Å². The molecule has 0 bridgehead atoms. The van der Waals surface area contributed by atoms with Crippen LogP contribution in [0.5, 0.6) is 5.75 Å². The smallest absolute Gasteiger partial charge is 0.129 e. The van der Waals surface area contributed by atoms with Gasteiger partial charge in [0.1, 0.15) is 5.75 Å². The van der Waals surface area contributed by atoms with Gasteiger partial charge in [0.2, 0.25) is 0 Å². The van der Waals surface area contributed by atoms with E-state index in [1.165, 1.54) is 0 Å². The molecule has 3 N–H and O–H groups in total. The Morgan fingerprint density at radius 3 is 2.73 bits per heavy atom. The van der Waals surface area contributed by atoms with Crippen molar-refractivity contribution in [1.82, 2.24) is 5.32 Å². The molecule has 0 fully saturated rings. The van der Waals surface area contributed by atoms with Crippen LogP contribution in [0.25, 0.3) is 0 Å². The lowest BCUT2D eigenvalue weighted by molar-refractivity contribution is 0.238. The molecule has 1 rings (SSSR count). The summed E-state index contributed by atoms with van der Waals surface area (Å²) in [7, 11) is 0. The maximum Gasteiger partial charge on any atom is 0.129 e. The first kappa shape index (κ1) is 12.5. The molecule has 0 amide bonds. The number of hydrogen-bond acceptors (Lipinski definition) is 3. The van der Waals surface area contributed by atoms with Crippen molar-refractivity contribution in [3.05, 3.63) is 28.2 Å². The summed E-state index contributed by atoms with van der Waals surface area (Å²) in [5.74, 6) is 0.243. The summed E-state index contributed by atoms with van der Waals surface area (Å²) >= 11 is 3.26. The van der Waals surface area contributed by atoms with Gasteiger partial charge in [-0.25, -0.2) is 0 Å². The van der Waals surface area contributed by atoms with Crippen molar-refractivity contribution >= 4 is 15.9 Å². The molecule has 4 heteroatoms. The Kier molecular flexibility index (Phi) is 5.08. The second-order valence-electron chi connectivity index (χ2n) is 3.45. The maximum atomic E-state index is 9.31. The fourth-order valence-electron chi connectivity index (χ4n) is 1.26. The van der Waals surface area contributed by atoms with Crippen LogP contribution in [0.15, 0.2) is 22.7 Å². The van der Waals surface area contributed by atoms with Gasteiger partial charge >= 0.3 is 0 Å². The number of hydrogen-bond donors (Lipinski definition) is 3. The standard InChI is InChI=1S/C11H16BrNO2/c1-2-9(7-14)13-6-8-3-4-11(15)10(12)5-8/h3-5,9,13-15H,2,6-7H2,1H3/t9-/m1/s1. The monoisotopic (exact) mass is 273 g/mol. The Morgan fingerprint density at radius 2 is 2.20 bits per heavy atom. The highest BCUT2D eigenvalue weighted by atomic mass is 79.9. The van der Waals surface area contributed by atoms with Crippen LogP contribution in [0.1, 0.15) is 18.9 Å². The largest absolute Gasteiger partial charge is 0.507 e. The third-order valence-electron chi connectivity index (χ3n) is 2.32. The average molecular weight is 274 g/mol. The lowest BCUT2D eigenvalue weighted by Gasteiger charge is -2.14. The summed E-state index contributed by atoms with van der Waals surface area (Å²) in [6.07, 6.45) is 0.899. The molecule has 0 spiro atoms. The zero-order valence-electron chi connectivity index (χ0n) is 8.70. The highest BCUT2D eigenvalue weighted by Gasteiger charge is 2.04. The molecule has 1 aromatic rings. The van der Waals surface area contributed by atoms with Crippen molar-refractivity contribution in [2.45, 2.75) is 25.9 Å². The summed E-state index contributed by atoms with van der Waals surface area (Å²) < 4.78 is 0.693. The summed E-state index contributed by atoms with van der Waals surface area (Å²) in [5.41, 5.74) is 1.08. The highest BCUT2D eigenvalue weighted by molar-refractivity contribution is 9.10. The molecule has 1 aromatic carbocycles. The van der Waals surface area contributed by atoms with Crippen LogP contribution >= 0.6 is 15.9 Å². The number of aromatic hydroxyl groups is 1. The van der Waals surface area contributed by atoms with Gasteiger partial charge in [-0.3, -0.25) is 0 Å². The molecule has 15 heavy (non-hydrogen) atoms. The zero-order valence-corrected chi connectivity index (χ0v) is 10.3. The summed E-state index contributed by atoms with van der Waals surface area (Å²) in [4.78, 5) is 0. The van der Waals surface area contributed by atoms with Gasteiger partial charge in [-0.05, 0) is 40.0 Å². The Hall–Kier alpha value is -0.580. The van der Waals surface area contributed by atoms with Gasteiger partial charge in [-0.1, -0.05) is 13.0 Å². The number of halogens is 1. The van der Waals surface area contributed by atoms with E-state index in [1.807, 2.05) is 19.1 Å². The third-order valence-corrected chi connectivity index (χ3v) is 2.96. The molecule has 0 unspecified atom stereocenters. The molecule has 0 heterocycles. The molecular weight excluding hydrogens is 258 g/mol. The zero-order chi connectivity index (χ0) is 11.3. The van der Waals surface area contributed by atoms with Crippen LogP contribution in [0.4, 0.5) is 0 Å². The quantitative estimate of drug-likeness (QED) is 0.770. The maximum absolute atomic E-state index is 9.31. The van der Waals surface area contributed by atoms with Crippen molar-refractivity contribution in [3.63, 3.8) is 0 Å². The average Bonchev–Trinajstić information content (AvgIpc) is 2.24. The first-order valence-corrected chi connectivity index (χ1v) is 5.78. The van der Waals surface area contributed by atoms with E-state index in [9.17, 15) is 5.11 Å². The van der Waals surface area contributed by atoms with E-state index < -0.39 is 0 Å². The highest BCUT2D eigenvalue weighted by Crippen LogP contribution is 2.24. The summed E-state index contributed by atoms with van der Waals surface area (Å²) in [6, 6.07) is 5.52. The van der Waals surface area contributed by atoms with Crippen molar-refractivity contribution in [1.29, 1.82) is 0 Å². The second kappa shape index (κ2) is 6.10. The molecule has 0 aliphatic carbocycles. The van der Waals surface area contributed by atoms with Crippen molar-refractivity contribution in [2.75, 3.05) is 6.61 Å². The predicted octanol–water partition coefficient (Wildman–Crippen LogP) is 2.02. The number of rotatable bonds is 5. The number of nitrogens with one attached hydrogen (secondary N) is 1. The summed E-state index contributed by atoms with van der Waals surface area (Å²) in [5, 5.41) is 21.5.